The van der Waals surface area contributed by atoms with E-state index in [4.69, 9.17) is 10.3 Å². The van der Waals surface area contributed by atoms with Gasteiger partial charge in [-0.15, -0.1) is 0 Å². The number of nitrogens with two attached hydrogens (primary N) is 1. The molecule has 19 heavy (non-hydrogen) atoms. The van der Waals surface area contributed by atoms with Gasteiger partial charge in [0, 0.05) is 10.0 Å². The van der Waals surface area contributed by atoms with Gasteiger partial charge in [0.1, 0.15) is 17.2 Å². The molecule has 3 N–H and O–H groups in total. The van der Waals surface area contributed by atoms with Gasteiger partial charge in [0.15, 0.2) is 0 Å². The van der Waals surface area contributed by atoms with Crippen LogP contribution in [0.3, 0.4) is 0 Å². The maximum atomic E-state index is 13.0. The van der Waals surface area contributed by atoms with Crippen molar-refractivity contribution < 1.29 is 8.91 Å². The minimum Gasteiger partial charge on any atom is -0.383 e. The van der Waals surface area contributed by atoms with Crippen LogP contribution in [-0.2, 0) is 0 Å². The summed E-state index contributed by atoms with van der Waals surface area (Å²) in [4.78, 5) is 4.20. The lowest BCUT2D eigenvalue weighted by molar-refractivity contribution is 0.432. The Morgan fingerprint density at radius 3 is 2.84 bits per heavy atom. The third-order valence-corrected chi connectivity index (χ3v) is 3.15. The molecule has 0 saturated carbocycles. The lowest BCUT2D eigenvalue weighted by atomic mass is 10.2. The number of nitrogen functional groups attached to an aromatic ring is 1. The van der Waals surface area contributed by atoms with E-state index >= 15 is 0 Å². The fraction of sp³-hybridized carbons (Fsp3) is 0. The Kier molecular flexibility index (Phi) is 2.79. The van der Waals surface area contributed by atoms with Crippen LogP contribution in [0.15, 0.2) is 33.4 Å². The molecule has 0 saturated heterocycles. The maximum absolute atomic E-state index is 13.0. The number of hydrogen-bond acceptors (Lipinski definition) is 5. The lowest BCUT2D eigenvalue weighted by Gasteiger charge is -1.98. The summed E-state index contributed by atoms with van der Waals surface area (Å²) in [5.41, 5.74) is 6.81. The number of hydrogen-bond donors (Lipinski definition) is 2. The normalized spacial score (nSPS) is 10.8. The minimum atomic E-state index is -0.349. The molecule has 0 aliphatic carbocycles. The van der Waals surface area contributed by atoms with Crippen LogP contribution < -0.4 is 5.73 Å². The molecule has 0 unspecified atom stereocenters. The van der Waals surface area contributed by atoms with Gasteiger partial charge in [-0.25, -0.2) is 4.39 Å². The zero-order valence-electron chi connectivity index (χ0n) is 9.39. The number of H-pyrrole nitrogens is 1. The molecule has 96 valence electrons. The highest BCUT2D eigenvalue weighted by atomic mass is 79.9. The molecular formula is C11H7BrFN5O. The zero-order chi connectivity index (χ0) is 13.4. The number of halogens is 2. The number of rotatable bonds is 2. The van der Waals surface area contributed by atoms with E-state index in [1.54, 1.807) is 6.07 Å². The molecule has 3 aromatic rings. The highest BCUT2D eigenvalue weighted by molar-refractivity contribution is 9.10. The summed E-state index contributed by atoms with van der Waals surface area (Å²) in [5.74, 6) is 0.576. The first kappa shape index (κ1) is 11.8. The molecule has 0 fully saturated rings. The van der Waals surface area contributed by atoms with E-state index in [2.05, 4.69) is 36.3 Å². The van der Waals surface area contributed by atoms with Crippen LogP contribution >= 0.6 is 15.9 Å². The summed E-state index contributed by atoms with van der Waals surface area (Å²) in [5, 5.41) is 10.2. The van der Waals surface area contributed by atoms with Crippen LogP contribution in [-0.4, -0.2) is 20.3 Å². The first-order valence-electron chi connectivity index (χ1n) is 5.23. The summed E-state index contributed by atoms with van der Waals surface area (Å²) in [6, 6.07) is 4.21. The number of nitrogens with zero attached hydrogens (tertiary/aromatic N) is 3. The summed E-state index contributed by atoms with van der Waals surface area (Å²) in [7, 11) is 0. The van der Waals surface area contributed by atoms with Crippen molar-refractivity contribution in [2.24, 2.45) is 0 Å². The predicted octanol–water partition coefficient (Wildman–Crippen LogP) is 2.61. The molecule has 2 aromatic heterocycles. The Bertz CT molecular complexity index is 738. The molecule has 0 aliphatic heterocycles. The van der Waals surface area contributed by atoms with E-state index < -0.39 is 0 Å². The average molecular weight is 324 g/mol. The van der Waals surface area contributed by atoms with Crippen LogP contribution in [0.25, 0.3) is 22.8 Å². The highest BCUT2D eigenvalue weighted by Crippen LogP contribution is 2.29. The van der Waals surface area contributed by atoms with Gasteiger partial charge in [0.05, 0.1) is 6.20 Å². The SMILES string of the molecule is Nc1[nH]ncc1-c1nc(-c2ccc(F)cc2Br)no1. The molecule has 0 amide bonds. The molecule has 0 radical (unpaired) electrons. The number of aromatic nitrogens is 4. The van der Waals surface area contributed by atoms with Crippen molar-refractivity contribution in [2.45, 2.75) is 0 Å². The molecule has 0 aliphatic rings. The molecule has 0 atom stereocenters. The topological polar surface area (TPSA) is 93.6 Å². The predicted molar refractivity (Wildman–Crippen MR) is 69.4 cm³/mol. The van der Waals surface area contributed by atoms with Gasteiger partial charge in [0.25, 0.3) is 5.89 Å². The first-order valence-corrected chi connectivity index (χ1v) is 6.03. The van der Waals surface area contributed by atoms with Crippen molar-refractivity contribution in [3.8, 4) is 22.8 Å². The zero-order valence-corrected chi connectivity index (χ0v) is 11.0. The van der Waals surface area contributed by atoms with Crippen molar-refractivity contribution in [3.05, 3.63) is 34.7 Å². The van der Waals surface area contributed by atoms with Gasteiger partial charge < -0.3 is 10.3 Å². The Morgan fingerprint density at radius 1 is 1.32 bits per heavy atom. The lowest BCUT2D eigenvalue weighted by Crippen LogP contribution is -1.88. The minimum absolute atomic E-state index is 0.248. The van der Waals surface area contributed by atoms with Crippen LogP contribution in [0.2, 0.25) is 0 Å². The Balaban J connectivity index is 2.04. The molecule has 8 heteroatoms. The molecule has 2 heterocycles. The number of aromatic amines is 1. The van der Waals surface area contributed by atoms with E-state index in [9.17, 15) is 4.39 Å². The number of nitrogens with one attached hydrogen (secondary N) is 1. The van der Waals surface area contributed by atoms with Crippen LogP contribution in [0, 0.1) is 5.82 Å². The summed E-state index contributed by atoms with van der Waals surface area (Å²) in [6.45, 7) is 0. The van der Waals surface area contributed by atoms with Crippen molar-refractivity contribution >= 4 is 21.7 Å². The van der Waals surface area contributed by atoms with E-state index in [-0.39, 0.29) is 11.7 Å². The van der Waals surface area contributed by atoms with Gasteiger partial charge in [-0.2, -0.15) is 10.1 Å². The van der Waals surface area contributed by atoms with Gasteiger partial charge in [-0.1, -0.05) is 5.16 Å². The number of anilines is 1. The van der Waals surface area contributed by atoms with Crippen LogP contribution in [0.1, 0.15) is 0 Å². The second-order valence-electron chi connectivity index (χ2n) is 3.74. The molecule has 3 rings (SSSR count). The van der Waals surface area contributed by atoms with Crippen LogP contribution in [0.4, 0.5) is 10.2 Å². The quantitative estimate of drug-likeness (QED) is 0.756. The smallest absolute Gasteiger partial charge is 0.263 e. The van der Waals surface area contributed by atoms with Gasteiger partial charge >= 0.3 is 0 Å². The summed E-state index contributed by atoms with van der Waals surface area (Å²) < 4.78 is 18.7. The van der Waals surface area contributed by atoms with Crippen molar-refractivity contribution in [1.29, 1.82) is 0 Å². The highest BCUT2D eigenvalue weighted by Gasteiger charge is 2.16. The van der Waals surface area contributed by atoms with Gasteiger partial charge in [-0.05, 0) is 34.1 Å². The van der Waals surface area contributed by atoms with E-state index in [0.717, 1.165) is 0 Å². The Hall–Kier alpha value is -2.22. The summed E-state index contributed by atoms with van der Waals surface area (Å²) >= 11 is 3.25. The third-order valence-electron chi connectivity index (χ3n) is 2.50. The first-order chi connectivity index (χ1) is 9.15. The summed E-state index contributed by atoms with van der Waals surface area (Å²) in [6.07, 6.45) is 1.49. The standard InChI is InChI=1S/C11H7BrFN5O/c12-8-3-5(13)1-2-6(8)10-16-11(19-18-10)7-4-15-17-9(7)14/h1-4H,(H3,14,15,17). The van der Waals surface area contributed by atoms with Crippen molar-refractivity contribution in [1.82, 2.24) is 20.3 Å². The van der Waals surface area contributed by atoms with Gasteiger partial charge in [0.2, 0.25) is 5.82 Å². The average Bonchev–Trinajstić information content (AvgIpc) is 2.97. The monoisotopic (exact) mass is 323 g/mol. The maximum Gasteiger partial charge on any atom is 0.263 e. The number of benzene rings is 1. The second kappa shape index (κ2) is 4.47. The molecular weight excluding hydrogens is 317 g/mol. The van der Waals surface area contributed by atoms with Crippen molar-refractivity contribution in [3.63, 3.8) is 0 Å². The molecule has 0 spiro atoms. The van der Waals surface area contributed by atoms with Crippen LogP contribution in [0.5, 0.6) is 0 Å². The third kappa shape index (κ3) is 2.10. The fourth-order valence-corrected chi connectivity index (χ4v) is 2.11. The molecule has 0 bridgehead atoms. The second-order valence-corrected chi connectivity index (χ2v) is 4.60. The molecule has 6 nitrogen and oxygen atoms in total. The Morgan fingerprint density at radius 2 is 2.16 bits per heavy atom. The fourth-order valence-electron chi connectivity index (χ4n) is 1.58. The van der Waals surface area contributed by atoms with Gasteiger partial charge in [-0.3, -0.25) is 5.10 Å². The molecule has 1 aromatic carbocycles. The largest absolute Gasteiger partial charge is 0.383 e. The van der Waals surface area contributed by atoms with E-state index in [0.29, 0.717) is 27.2 Å². The Labute approximate surface area is 115 Å². The van der Waals surface area contributed by atoms with E-state index in [1.807, 2.05) is 0 Å². The van der Waals surface area contributed by atoms with E-state index in [1.165, 1.54) is 18.3 Å². The van der Waals surface area contributed by atoms with Crippen molar-refractivity contribution in [2.75, 3.05) is 5.73 Å².